The van der Waals surface area contributed by atoms with Crippen LogP contribution < -0.4 is 10.0 Å². The molecule has 146 valence electrons. The molecule has 0 saturated carbocycles. The van der Waals surface area contributed by atoms with Crippen molar-refractivity contribution in [3.05, 3.63) is 29.8 Å². The average Bonchev–Trinajstić information content (AvgIpc) is 2.58. The largest absolute Gasteiger partial charge is 0.481 e. The number of carboxylic acid groups (broad SMARTS) is 1. The number of aliphatic hydroxyl groups excluding tert-OH is 1. The molecule has 0 saturated heterocycles. The Morgan fingerprint density at radius 1 is 1.15 bits per heavy atom. The summed E-state index contributed by atoms with van der Waals surface area (Å²) in [5.41, 5.74) is 0.902. The van der Waals surface area contributed by atoms with Crippen LogP contribution in [-0.2, 0) is 19.6 Å². The van der Waals surface area contributed by atoms with Gasteiger partial charge in [0, 0.05) is 18.1 Å². The molecule has 0 aliphatic rings. The van der Waals surface area contributed by atoms with Crippen LogP contribution in [0.3, 0.4) is 0 Å². The lowest BCUT2D eigenvalue weighted by Gasteiger charge is -2.16. The SMILES string of the molecule is Cc1ccc(S(=O)(=O)N[C@@H](CO)C(=O)NCCSSCCC(=O)O)cc1. The van der Waals surface area contributed by atoms with E-state index >= 15 is 0 Å². The molecular formula is C15H22N2O6S3. The molecule has 11 heteroatoms. The first-order valence-electron chi connectivity index (χ1n) is 7.70. The summed E-state index contributed by atoms with van der Waals surface area (Å²) in [5.74, 6) is -0.500. The smallest absolute Gasteiger partial charge is 0.304 e. The van der Waals surface area contributed by atoms with Gasteiger partial charge in [-0.05, 0) is 19.1 Å². The van der Waals surface area contributed by atoms with Gasteiger partial charge in [-0.3, -0.25) is 9.59 Å². The number of nitrogens with one attached hydrogen (secondary N) is 2. The van der Waals surface area contributed by atoms with E-state index in [-0.39, 0.29) is 17.9 Å². The first-order chi connectivity index (χ1) is 12.3. The van der Waals surface area contributed by atoms with Crippen LogP contribution in [0.2, 0.25) is 0 Å². The van der Waals surface area contributed by atoms with Gasteiger partial charge in [0.05, 0.1) is 17.9 Å². The first kappa shape index (κ1) is 22.8. The van der Waals surface area contributed by atoms with Gasteiger partial charge in [-0.2, -0.15) is 4.72 Å². The van der Waals surface area contributed by atoms with Gasteiger partial charge in [0.25, 0.3) is 0 Å². The number of carbonyl (C=O) groups is 2. The van der Waals surface area contributed by atoms with Crippen molar-refractivity contribution in [1.29, 1.82) is 0 Å². The lowest BCUT2D eigenvalue weighted by atomic mass is 10.2. The van der Waals surface area contributed by atoms with E-state index in [1.54, 1.807) is 12.1 Å². The predicted molar refractivity (Wildman–Crippen MR) is 103 cm³/mol. The summed E-state index contributed by atoms with van der Waals surface area (Å²) in [6.07, 6.45) is 0.0669. The monoisotopic (exact) mass is 422 g/mol. The molecule has 0 spiro atoms. The van der Waals surface area contributed by atoms with Crippen molar-refractivity contribution in [2.45, 2.75) is 24.3 Å². The lowest BCUT2D eigenvalue weighted by molar-refractivity contribution is -0.136. The maximum atomic E-state index is 12.3. The van der Waals surface area contributed by atoms with Crippen LogP contribution in [0, 0.1) is 6.92 Å². The van der Waals surface area contributed by atoms with E-state index in [0.29, 0.717) is 11.5 Å². The van der Waals surface area contributed by atoms with E-state index in [0.717, 1.165) is 5.56 Å². The highest BCUT2D eigenvalue weighted by Crippen LogP contribution is 2.20. The summed E-state index contributed by atoms with van der Waals surface area (Å²) >= 11 is 0. The molecule has 0 aliphatic carbocycles. The molecule has 0 radical (unpaired) electrons. The molecule has 1 rings (SSSR count). The second kappa shape index (κ2) is 11.4. The third kappa shape index (κ3) is 8.41. The molecule has 0 aromatic heterocycles. The first-order valence-corrected chi connectivity index (χ1v) is 11.7. The summed E-state index contributed by atoms with van der Waals surface area (Å²) in [6, 6.07) is 4.85. The van der Waals surface area contributed by atoms with Crippen molar-refractivity contribution >= 4 is 43.5 Å². The van der Waals surface area contributed by atoms with E-state index < -0.39 is 34.5 Å². The molecule has 1 atom stereocenters. The zero-order chi connectivity index (χ0) is 19.6. The van der Waals surface area contributed by atoms with Gasteiger partial charge in [0.2, 0.25) is 15.9 Å². The van der Waals surface area contributed by atoms with Crippen LogP contribution in [0.5, 0.6) is 0 Å². The van der Waals surface area contributed by atoms with Gasteiger partial charge in [-0.25, -0.2) is 8.42 Å². The highest BCUT2D eigenvalue weighted by Gasteiger charge is 2.24. The van der Waals surface area contributed by atoms with Crippen molar-refractivity contribution in [2.75, 3.05) is 24.7 Å². The maximum absolute atomic E-state index is 12.3. The van der Waals surface area contributed by atoms with Crippen LogP contribution >= 0.6 is 21.6 Å². The van der Waals surface area contributed by atoms with E-state index in [1.165, 1.54) is 33.7 Å². The lowest BCUT2D eigenvalue weighted by Crippen LogP contribution is -2.49. The molecule has 4 N–H and O–H groups in total. The normalized spacial score (nSPS) is 12.5. The Morgan fingerprint density at radius 2 is 1.77 bits per heavy atom. The number of benzene rings is 1. The molecule has 0 aliphatic heterocycles. The zero-order valence-corrected chi connectivity index (χ0v) is 16.6. The van der Waals surface area contributed by atoms with Crippen molar-refractivity contribution in [3.63, 3.8) is 0 Å². The third-order valence-electron chi connectivity index (χ3n) is 3.09. The quantitative estimate of drug-likeness (QED) is 0.284. The number of amides is 1. The summed E-state index contributed by atoms with van der Waals surface area (Å²) in [7, 11) is -1.14. The number of aliphatic hydroxyl groups is 1. The molecule has 0 unspecified atom stereocenters. The minimum Gasteiger partial charge on any atom is -0.481 e. The second-order valence-corrected chi connectivity index (χ2v) is 9.66. The Kier molecular flexibility index (Phi) is 10.0. The topological polar surface area (TPSA) is 133 Å². The Balaban J connectivity index is 2.43. The standard InChI is InChI=1S/C15H22N2O6S3/c1-11-2-4-12(5-3-11)26(22,23)17-13(10-18)15(21)16-7-9-25-24-8-6-14(19)20/h2-5,13,17-18H,6-10H2,1H3,(H,16,21)(H,19,20)/t13-/m0/s1. The molecule has 1 aromatic rings. The van der Waals surface area contributed by atoms with Crippen LogP contribution in [0.1, 0.15) is 12.0 Å². The highest BCUT2D eigenvalue weighted by molar-refractivity contribution is 8.76. The van der Waals surface area contributed by atoms with E-state index in [1.807, 2.05) is 6.92 Å². The van der Waals surface area contributed by atoms with Crippen LogP contribution in [-0.4, -0.2) is 61.2 Å². The number of carboxylic acids is 1. The maximum Gasteiger partial charge on any atom is 0.304 e. The summed E-state index contributed by atoms with van der Waals surface area (Å²) < 4.78 is 26.7. The molecule has 8 nitrogen and oxygen atoms in total. The highest BCUT2D eigenvalue weighted by atomic mass is 33.1. The number of carbonyl (C=O) groups excluding carboxylic acids is 1. The molecule has 0 heterocycles. The average molecular weight is 423 g/mol. The van der Waals surface area contributed by atoms with E-state index in [4.69, 9.17) is 5.11 Å². The van der Waals surface area contributed by atoms with Crippen LogP contribution in [0.25, 0.3) is 0 Å². The molecule has 0 bridgehead atoms. The van der Waals surface area contributed by atoms with Crippen molar-refractivity contribution < 1.29 is 28.2 Å². The number of sulfonamides is 1. The minimum absolute atomic E-state index is 0.0136. The Hall–Kier alpha value is -1.27. The van der Waals surface area contributed by atoms with E-state index in [2.05, 4.69) is 10.0 Å². The number of hydrogen-bond donors (Lipinski definition) is 4. The Morgan fingerprint density at radius 3 is 2.35 bits per heavy atom. The minimum atomic E-state index is -3.92. The number of aliphatic carboxylic acids is 1. The van der Waals surface area contributed by atoms with Gasteiger partial charge in [0.15, 0.2) is 0 Å². The van der Waals surface area contributed by atoms with Gasteiger partial charge >= 0.3 is 5.97 Å². The molecule has 1 amide bonds. The number of rotatable bonds is 12. The molecular weight excluding hydrogens is 400 g/mol. The van der Waals surface area contributed by atoms with Gasteiger partial charge in [0.1, 0.15) is 6.04 Å². The fraction of sp³-hybridized carbons (Fsp3) is 0.467. The van der Waals surface area contributed by atoms with Crippen molar-refractivity contribution in [1.82, 2.24) is 10.0 Å². The zero-order valence-electron chi connectivity index (χ0n) is 14.2. The fourth-order valence-electron chi connectivity index (χ4n) is 1.73. The fourth-order valence-corrected chi connectivity index (χ4v) is 4.81. The van der Waals surface area contributed by atoms with Crippen LogP contribution in [0.15, 0.2) is 29.2 Å². The summed E-state index contributed by atoms with van der Waals surface area (Å²) in [6.45, 7) is 1.43. The predicted octanol–water partition coefficient (Wildman–Crippen LogP) is 0.607. The second-order valence-electron chi connectivity index (χ2n) is 5.25. The number of aryl methyl sites for hydroxylation is 1. The number of hydrogen-bond acceptors (Lipinski definition) is 7. The summed E-state index contributed by atoms with van der Waals surface area (Å²) in [4.78, 5) is 22.4. The van der Waals surface area contributed by atoms with E-state index in [9.17, 15) is 23.1 Å². The van der Waals surface area contributed by atoms with Gasteiger partial charge < -0.3 is 15.5 Å². The van der Waals surface area contributed by atoms with Crippen LogP contribution in [0.4, 0.5) is 0 Å². The van der Waals surface area contributed by atoms with Gasteiger partial charge in [-0.1, -0.05) is 39.3 Å². The summed E-state index contributed by atoms with van der Waals surface area (Å²) in [5, 5.41) is 20.4. The molecule has 1 aromatic carbocycles. The third-order valence-corrected chi connectivity index (χ3v) is 6.99. The molecule has 0 fully saturated rings. The Labute approximate surface area is 160 Å². The molecule has 26 heavy (non-hydrogen) atoms. The van der Waals surface area contributed by atoms with Gasteiger partial charge in [-0.15, -0.1) is 0 Å². The van der Waals surface area contributed by atoms with Crippen molar-refractivity contribution in [2.24, 2.45) is 0 Å². The van der Waals surface area contributed by atoms with Crippen molar-refractivity contribution in [3.8, 4) is 0 Å². The Bertz CT molecular complexity index is 694.